The van der Waals surface area contributed by atoms with Gasteiger partial charge in [0, 0.05) is 31.4 Å². The molecule has 0 radical (unpaired) electrons. The Hall–Kier alpha value is -1.09. The molecule has 1 aromatic heterocycles. The van der Waals surface area contributed by atoms with Crippen molar-refractivity contribution in [2.24, 2.45) is 5.92 Å². The molecule has 1 aliphatic carbocycles. The topological polar surface area (TPSA) is 34.0 Å². The summed E-state index contributed by atoms with van der Waals surface area (Å²) >= 11 is 0. The highest BCUT2D eigenvalue weighted by atomic mass is 16.1. The van der Waals surface area contributed by atoms with E-state index in [1.54, 1.807) is 16.7 Å². The summed E-state index contributed by atoms with van der Waals surface area (Å²) < 4.78 is 1.76. The second-order valence-corrected chi connectivity index (χ2v) is 4.80. The van der Waals surface area contributed by atoms with Gasteiger partial charge in [-0.3, -0.25) is 4.79 Å². The van der Waals surface area contributed by atoms with Crippen molar-refractivity contribution in [2.75, 3.05) is 6.54 Å². The molecule has 0 saturated heterocycles. The molecule has 1 fully saturated rings. The molecule has 1 aromatic rings. The summed E-state index contributed by atoms with van der Waals surface area (Å²) in [4.78, 5) is 11.4. The Morgan fingerprint density at radius 2 is 2.31 bits per heavy atom. The first-order valence-corrected chi connectivity index (χ1v) is 6.14. The van der Waals surface area contributed by atoms with Crippen LogP contribution in [0.3, 0.4) is 0 Å². The lowest BCUT2D eigenvalue weighted by Crippen LogP contribution is -2.32. The third kappa shape index (κ3) is 2.95. The summed E-state index contributed by atoms with van der Waals surface area (Å²) in [5.74, 6) is 0.858. The fourth-order valence-electron chi connectivity index (χ4n) is 2.43. The van der Waals surface area contributed by atoms with Gasteiger partial charge in [-0.05, 0) is 31.2 Å². The van der Waals surface area contributed by atoms with E-state index in [9.17, 15) is 4.79 Å². The highest BCUT2D eigenvalue weighted by molar-refractivity contribution is 4.93. The van der Waals surface area contributed by atoms with Gasteiger partial charge in [0.05, 0.1) is 0 Å². The van der Waals surface area contributed by atoms with Gasteiger partial charge in [0.2, 0.25) is 0 Å². The van der Waals surface area contributed by atoms with E-state index in [-0.39, 0.29) is 5.56 Å². The van der Waals surface area contributed by atoms with Gasteiger partial charge in [0.15, 0.2) is 0 Å². The average molecular weight is 220 g/mol. The van der Waals surface area contributed by atoms with Crippen LogP contribution in [0.4, 0.5) is 0 Å². The zero-order valence-electron chi connectivity index (χ0n) is 9.86. The number of rotatable bonds is 4. The lowest BCUT2D eigenvalue weighted by Gasteiger charge is -2.12. The van der Waals surface area contributed by atoms with Crippen LogP contribution in [0.25, 0.3) is 0 Å². The average Bonchev–Trinajstić information content (AvgIpc) is 2.67. The van der Waals surface area contributed by atoms with Crippen molar-refractivity contribution in [2.45, 2.75) is 38.8 Å². The minimum absolute atomic E-state index is 0.0871. The summed E-state index contributed by atoms with van der Waals surface area (Å²) in [5.41, 5.74) is 0.0871. The molecular weight excluding hydrogens is 200 g/mol. The molecule has 0 amide bonds. The molecule has 3 nitrogen and oxygen atoms in total. The maximum Gasteiger partial charge on any atom is 0.250 e. The van der Waals surface area contributed by atoms with Crippen molar-refractivity contribution >= 4 is 0 Å². The van der Waals surface area contributed by atoms with E-state index in [2.05, 4.69) is 12.2 Å². The highest BCUT2D eigenvalue weighted by Crippen LogP contribution is 2.24. The minimum Gasteiger partial charge on any atom is -0.314 e. The zero-order valence-corrected chi connectivity index (χ0v) is 9.86. The molecule has 88 valence electrons. The normalized spacial score (nSPS) is 24.8. The second-order valence-electron chi connectivity index (χ2n) is 4.80. The third-order valence-corrected chi connectivity index (χ3v) is 3.38. The summed E-state index contributed by atoms with van der Waals surface area (Å²) in [5, 5.41) is 3.53. The van der Waals surface area contributed by atoms with Crippen molar-refractivity contribution in [3.63, 3.8) is 0 Å². The number of nitrogens with one attached hydrogen (secondary N) is 1. The van der Waals surface area contributed by atoms with Crippen molar-refractivity contribution in [3.8, 4) is 0 Å². The Bertz CT molecular complexity index is 386. The van der Waals surface area contributed by atoms with Crippen LogP contribution in [-0.2, 0) is 6.54 Å². The Labute approximate surface area is 96.5 Å². The number of nitrogens with zero attached hydrogens (tertiary/aromatic N) is 1. The molecule has 2 unspecified atom stereocenters. The summed E-state index contributed by atoms with van der Waals surface area (Å²) in [6.07, 6.45) is 5.75. The third-order valence-electron chi connectivity index (χ3n) is 3.38. The number of aromatic nitrogens is 1. The van der Waals surface area contributed by atoms with Crippen LogP contribution >= 0.6 is 0 Å². The quantitative estimate of drug-likeness (QED) is 0.836. The van der Waals surface area contributed by atoms with Crippen LogP contribution in [0.5, 0.6) is 0 Å². The van der Waals surface area contributed by atoms with Gasteiger partial charge in [-0.2, -0.15) is 0 Å². The molecule has 1 heterocycles. The molecule has 2 atom stereocenters. The van der Waals surface area contributed by atoms with Crippen LogP contribution in [-0.4, -0.2) is 17.2 Å². The van der Waals surface area contributed by atoms with Crippen molar-refractivity contribution in [1.82, 2.24) is 9.88 Å². The first kappa shape index (κ1) is 11.4. The van der Waals surface area contributed by atoms with Gasteiger partial charge >= 0.3 is 0 Å². The molecule has 0 aliphatic heterocycles. The smallest absolute Gasteiger partial charge is 0.250 e. The van der Waals surface area contributed by atoms with Gasteiger partial charge in [-0.1, -0.05) is 13.0 Å². The first-order valence-electron chi connectivity index (χ1n) is 6.14. The maximum absolute atomic E-state index is 11.4. The molecular formula is C13H20N2O. The van der Waals surface area contributed by atoms with Crippen LogP contribution in [0, 0.1) is 5.92 Å². The largest absolute Gasteiger partial charge is 0.314 e. The Morgan fingerprint density at radius 3 is 3.00 bits per heavy atom. The molecule has 0 spiro atoms. The molecule has 16 heavy (non-hydrogen) atoms. The minimum atomic E-state index is 0.0871. The van der Waals surface area contributed by atoms with E-state index < -0.39 is 0 Å². The standard InChI is InChI=1S/C13H20N2O/c1-11-5-6-12(10-11)14-7-9-15-8-3-2-4-13(15)16/h2-4,8,11-12,14H,5-7,9-10H2,1H3. The molecule has 2 rings (SSSR count). The fraction of sp³-hybridized carbons (Fsp3) is 0.615. The van der Waals surface area contributed by atoms with Crippen LogP contribution in [0.2, 0.25) is 0 Å². The van der Waals surface area contributed by atoms with Crippen LogP contribution in [0.15, 0.2) is 29.2 Å². The number of hydrogen-bond acceptors (Lipinski definition) is 2. The lowest BCUT2D eigenvalue weighted by atomic mass is 10.1. The molecule has 0 bridgehead atoms. The van der Waals surface area contributed by atoms with Gasteiger partial charge in [0.1, 0.15) is 0 Å². The fourth-order valence-corrected chi connectivity index (χ4v) is 2.43. The molecule has 1 N–H and O–H groups in total. The maximum atomic E-state index is 11.4. The van der Waals surface area contributed by atoms with Gasteiger partial charge in [-0.15, -0.1) is 0 Å². The van der Waals surface area contributed by atoms with E-state index >= 15 is 0 Å². The zero-order chi connectivity index (χ0) is 11.4. The second kappa shape index (κ2) is 5.30. The van der Waals surface area contributed by atoms with E-state index in [0.717, 1.165) is 19.0 Å². The van der Waals surface area contributed by atoms with Crippen LogP contribution in [0.1, 0.15) is 26.2 Å². The van der Waals surface area contributed by atoms with E-state index in [4.69, 9.17) is 0 Å². The molecule has 3 heteroatoms. The SMILES string of the molecule is CC1CCC(NCCn2ccccc2=O)C1. The highest BCUT2D eigenvalue weighted by Gasteiger charge is 2.20. The monoisotopic (exact) mass is 220 g/mol. The summed E-state index contributed by atoms with van der Waals surface area (Å²) in [7, 11) is 0. The van der Waals surface area contributed by atoms with E-state index in [1.807, 2.05) is 12.3 Å². The van der Waals surface area contributed by atoms with E-state index in [1.165, 1.54) is 19.3 Å². The van der Waals surface area contributed by atoms with Gasteiger partial charge < -0.3 is 9.88 Å². The predicted molar refractivity (Wildman–Crippen MR) is 65.5 cm³/mol. The Kier molecular flexibility index (Phi) is 3.78. The molecule has 1 saturated carbocycles. The van der Waals surface area contributed by atoms with Crippen molar-refractivity contribution in [3.05, 3.63) is 34.7 Å². The summed E-state index contributed by atoms with van der Waals surface area (Å²) in [6, 6.07) is 5.95. The first-order chi connectivity index (χ1) is 7.75. The lowest BCUT2D eigenvalue weighted by molar-refractivity contribution is 0.478. The number of hydrogen-bond donors (Lipinski definition) is 1. The summed E-state index contributed by atoms with van der Waals surface area (Å²) in [6.45, 7) is 3.97. The van der Waals surface area contributed by atoms with Crippen molar-refractivity contribution < 1.29 is 0 Å². The van der Waals surface area contributed by atoms with Crippen molar-refractivity contribution in [1.29, 1.82) is 0 Å². The number of pyridine rings is 1. The van der Waals surface area contributed by atoms with E-state index in [0.29, 0.717) is 6.04 Å². The molecule has 0 aromatic carbocycles. The Morgan fingerprint density at radius 1 is 1.44 bits per heavy atom. The van der Waals surface area contributed by atoms with Gasteiger partial charge in [0.25, 0.3) is 5.56 Å². The van der Waals surface area contributed by atoms with Crippen LogP contribution < -0.4 is 10.9 Å². The molecule has 1 aliphatic rings. The predicted octanol–water partition coefficient (Wildman–Crippen LogP) is 1.63. The Balaban J connectivity index is 1.76. The van der Waals surface area contributed by atoms with Gasteiger partial charge in [-0.25, -0.2) is 0 Å².